The van der Waals surface area contributed by atoms with Gasteiger partial charge in [-0.3, -0.25) is 4.98 Å². The molecule has 17 heavy (non-hydrogen) atoms. The molecule has 0 aromatic carbocycles. The van der Waals surface area contributed by atoms with E-state index in [4.69, 9.17) is 10.5 Å². The standard InChI is InChI=1S/C14H22N2O/c1-9-8-16-13(10(2)14(9)17-3)7-11-4-5-12(15)6-11/h8,11-12H,4-7,15H2,1-3H3. The first kappa shape index (κ1) is 12.4. The summed E-state index contributed by atoms with van der Waals surface area (Å²) in [6, 6.07) is 0.396. The zero-order chi connectivity index (χ0) is 12.4. The lowest BCUT2D eigenvalue weighted by Gasteiger charge is -2.15. The zero-order valence-electron chi connectivity index (χ0n) is 11.0. The quantitative estimate of drug-likeness (QED) is 0.873. The van der Waals surface area contributed by atoms with E-state index in [0.717, 1.165) is 30.6 Å². The molecule has 3 heteroatoms. The van der Waals surface area contributed by atoms with Gasteiger partial charge in [0.1, 0.15) is 5.75 Å². The summed E-state index contributed by atoms with van der Waals surface area (Å²) < 4.78 is 5.44. The molecule has 1 aromatic rings. The summed E-state index contributed by atoms with van der Waals surface area (Å²) in [7, 11) is 1.73. The van der Waals surface area contributed by atoms with E-state index in [1.54, 1.807) is 7.11 Å². The number of methoxy groups -OCH3 is 1. The van der Waals surface area contributed by atoms with Crippen molar-refractivity contribution in [2.45, 2.75) is 45.6 Å². The van der Waals surface area contributed by atoms with E-state index in [1.165, 1.54) is 17.7 Å². The van der Waals surface area contributed by atoms with Gasteiger partial charge in [0.2, 0.25) is 0 Å². The Kier molecular flexibility index (Phi) is 3.67. The molecule has 0 spiro atoms. The Morgan fingerprint density at radius 1 is 1.41 bits per heavy atom. The van der Waals surface area contributed by atoms with Crippen LogP contribution in [0.25, 0.3) is 0 Å². The highest BCUT2D eigenvalue weighted by Gasteiger charge is 2.23. The molecule has 1 fully saturated rings. The maximum atomic E-state index is 5.95. The molecule has 0 saturated heterocycles. The topological polar surface area (TPSA) is 48.1 Å². The second kappa shape index (κ2) is 5.05. The van der Waals surface area contributed by atoms with E-state index in [1.807, 2.05) is 13.1 Å². The van der Waals surface area contributed by atoms with Gasteiger partial charge >= 0.3 is 0 Å². The minimum absolute atomic E-state index is 0.396. The first-order valence-corrected chi connectivity index (χ1v) is 6.36. The Morgan fingerprint density at radius 2 is 2.18 bits per heavy atom. The fourth-order valence-corrected chi connectivity index (χ4v) is 2.85. The number of aryl methyl sites for hydroxylation is 1. The average molecular weight is 234 g/mol. The molecule has 3 nitrogen and oxygen atoms in total. The van der Waals surface area contributed by atoms with Crippen molar-refractivity contribution in [2.24, 2.45) is 11.7 Å². The third kappa shape index (κ3) is 2.60. The van der Waals surface area contributed by atoms with Gasteiger partial charge < -0.3 is 10.5 Å². The second-order valence-corrected chi connectivity index (χ2v) is 5.19. The van der Waals surface area contributed by atoms with Crippen molar-refractivity contribution in [1.82, 2.24) is 4.98 Å². The van der Waals surface area contributed by atoms with Gasteiger partial charge in [-0.2, -0.15) is 0 Å². The maximum absolute atomic E-state index is 5.95. The molecule has 2 unspecified atom stereocenters. The number of aromatic nitrogens is 1. The van der Waals surface area contributed by atoms with Gasteiger partial charge in [0, 0.05) is 29.1 Å². The van der Waals surface area contributed by atoms with Crippen LogP contribution in [0, 0.1) is 19.8 Å². The first-order chi connectivity index (χ1) is 8.11. The number of hydrogen-bond donors (Lipinski definition) is 1. The fraction of sp³-hybridized carbons (Fsp3) is 0.643. The molecule has 0 aliphatic heterocycles. The van der Waals surface area contributed by atoms with Crippen LogP contribution in [0.15, 0.2) is 6.20 Å². The molecule has 1 heterocycles. The lowest BCUT2D eigenvalue weighted by atomic mass is 9.97. The number of pyridine rings is 1. The predicted octanol–water partition coefficient (Wildman–Crippen LogP) is 2.38. The van der Waals surface area contributed by atoms with Crippen LogP contribution >= 0.6 is 0 Å². The summed E-state index contributed by atoms with van der Waals surface area (Å²) in [6.07, 6.45) is 6.48. The van der Waals surface area contributed by atoms with Gasteiger partial charge in [-0.05, 0) is 45.4 Å². The van der Waals surface area contributed by atoms with Gasteiger partial charge in [0.15, 0.2) is 0 Å². The highest BCUT2D eigenvalue weighted by atomic mass is 16.5. The monoisotopic (exact) mass is 234 g/mol. The van der Waals surface area contributed by atoms with E-state index >= 15 is 0 Å². The highest BCUT2D eigenvalue weighted by Crippen LogP contribution is 2.30. The third-order valence-corrected chi connectivity index (χ3v) is 3.81. The molecule has 2 atom stereocenters. The Labute approximate surface area is 103 Å². The number of rotatable bonds is 3. The molecule has 1 aliphatic rings. The van der Waals surface area contributed by atoms with Crippen molar-refractivity contribution in [3.05, 3.63) is 23.0 Å². The molecule has 0 bridgehead atoms. The minimum Gasteiger partial charge on any atom is -0.496 e. The molecule has 2 rings (SSSR count). The Morgan fingerprint density at radius 3 is 2.76 bits per heavy atom. The molecule has 0 radical (unpaired) electrons. The summed E-state index contributed by atoms with van der Waals surface area (Å²) in [5, 5.41) is 0. The molecular weight excluding hydrogens is 212 g/mol. The number of ether oxygens (including phenoxy) is 1. The summed E-state index contributed by atoms with van der Waals surface area (Å²) in [6.45, 7) is 4.14. The largest absolute Gasteiger partial charge is 0.496 e. The molecule has 0 amide bonds. The van der Waals surface area contributed by atoms with Crippen molar-refractivity contribution in [3.63, 3.8) is 0 Å². The first-order valence-electron chi connectivity index (χ1n) is 6.36. The van der Waals surface area contributed by atoms with Gasteiger partial charge in [-0.1, -0.05) is 0 Å². The molecule has 94 valence electrons. The van der Waals surface area contributed by atoms with Gasteiger partial charge in [-0.15, -0.1) is 0 Å². The summed E-state index contributed by atoms with van der Waals surface area (Å²) in [5.74, 6) is 1.68. The maximum Gasteiger partial charge on any atom is 0.128 e. The fourth-order valence-electron chi connectivity index (χ4n) is 2.85. The van der Waals surface area contributed by atoms with Crippen LogP contribution in [0.5, 0.6) is 5.75 Å². The van der Waals surface area contributed by atoms with Gasteiger partial charge in [0.25, 0.3) is 0 Å². The van der Waals surface area contributed by atoms with Crippen LogP contribution in [0.3, 0.4) is 0 Å². The van der Waals surface area contributed by atoms with Gasteiger partial charge in [0.05, 0.1) is 7.11 Å². The molecule has 1 saturated carbocycles. The van der Waals surface area contributed by atoms with Crippen molar-refractivity contribution in [2.75, 3.05) is 7.11 Å². The number of hydrogen-bond acceptors (Lipinski definition) is 3. The van der Waals surface area contributed by atoms with E-state index in [0.29, 0.717) is 12.0 Å². The summed E-state index contributed by atoms with van der Waals surface area (Å²) in [4.78, 5) is 4.55. The van der Waals surface area contributed by atoms with Crippen molar-refractivity contribution < 1.29 is 4.74 Å². The van der Waals surface area contributed by atoms with Crippen molar-refractivity contribution >= 4 is 0 Å². The summed E-state index contributed by atoms with van der Waals surface area (Å²) >= 11 is 0. The number of nitrogens with two attached hydrogens (primary N) is 1. The van der Waals surface area contributed by atoms with E-state index in [-0.39, 0.29) is 0 Å². The van der Waals surface area contributed by atoms with Crippen LogP contribution in [0.4, 0.5) is 0 Å². The van der Waals surface area contributed by atoms with Crippen LogP contribution in [0.1, 0.15) is 36.1 Å². The molecule has 1 aliphatic carbocycles. The predicted molar refractivity (Wildman–Crippen MR) is 69.3 cm³/mol. The van der Waals surface area contributed by atoms with Crippen LogP contribution in [-0.4, -0.2) is 18.1 Å². The Balaban J connectivity index is 2.16. The Hall–Kier alpha value is -1.09. The zero-order valence-corrected chi connectivity index (χ0v) is 11.0. The van der Waals surface area contributed by atoms with Crippen LogP contribution < -0.4 is 10.5 Å². The van der Waals surface area contributed by atoms with E-state index in [9.17, 15) is 0 Å². The van der Waals surface area contributed by atoms with Gasteiger partial charge in [-0.25, -0.2) is 0 Å². The van der Waals surface area contributed by atoms with Crippen LogP contribution in [0.2, 0.25) is 0 Å². The lowest BCUT2D eigenvalue weighted by Crippen LogP contribution is -2.15. The Bertz CT molecular complexity index is 403. The molecular formula is C14H22N2O. The van der Waals surface area contributed by atoms with E-state index in [2.05, 4.69) is 11.9 Å². The normalized spacial score (nSPS) is 24.0. The average Bonchev–Trinajstić information content (AvgIpc) is 2.69. The SMILES string of the molecule is COc1c(C)cnc(CC2CCC(N)C2)c1C. The molecule has 1 aromatic heterocycles. The molecule has 2 N–H and O–H groups in total. The second-order valence-electron chi connectivity index (χ2n) is 5.19. The van der Waals surface area contributed by atoms with Crippen molar-refractivity contribution in [1.29, 1.82) is 0 Å². The third-order valence-electron chi connectivity index (χ3n) is 3.81. The smallest absolute Gasteiger partial charge is 0.128 e. The lowest BCUT2D eigenvalue weighted by molar-refractivity contribution is 0.405. The number of nitrogens with zero attached hydrogens (tertiary/aromatic N) is 1. The van der Waals surface area contributed by atoms with Crippen molar-refractivity contribution in [3.8, 4) is 5.75 Å². The summed E-state index contributed by atoms with van der Waals surface area (Å²) in [5.41, 5.74) is 9.42. The van der Waals surface area contributed by atoms with E-state index < -0.39 is 0 Å². The van der Waals surface area contributed by atoms with Crippen LogP contribution in [-0.2, 0) is 6.42 Å². The minimum atomic E-state index is 0.396. The highest BCUT2D eigenvalue weighted by molar-refractivity contribution is 5.41.